The van der Waals surface area contributed by atoms with E-state index in [1.54, 1.807) is 27.7 Å². The monoisotopic (exact) mass is 383 g/mol. The minimum Gasteiger partial charge on any atom is -1.00 e. The lowest BCUT2D eigenvalue weighted by Gasteiger charge is -2.31. The molecule has 26 heavy (non-hydrogen) atoms. The Bertz CT molecular complexity index is 575. The summed E-state index contributed by atoms with van der Waals surface area (Å²) in [5.41, 5.74) is 1.13. The van der Waals surface area contributed by atoms with Gasteiger partial charge in [-0.05, 0) is 25.8 Å². The van der Waals surface area contributed by atoms with E-state index < -0.39 is 12.2 Å². The molecule has 0 saturated carbocycles. The number of carbonyl (C=O) groups is 2. The molecular formula is C20H28ClO5-. The molecule has 0 aromatic heterocycles. The Labute approximate surface area is 161 Å². The van der Waals surface area contributed by atoms with Crippen LogP contribution >= 0.6 is 0 Å². The van der Waals surface area contributed by atoms with Gasteiger partial charge in [-0.3, -0.25) is 9.59 Å². The maximum absolute atomic E-state index is 12.2. The van der Waals surface area contributed by atoms with E-state index in [2.05, 4.69) is 0 Å². The summed E-state index contributed by atoms with van der Waals surface area (Å²) in [5, 5.41) is 0. The van der Waals surface area contributed by atoms with Gasteiger partial charge in [-0.25, -0.2) is 0 Å². The van der Waals surface area contributed by atoms with Crippen LogP contribution in [0.15, 0.2) is 30.3 Å². The fraction of sp³-hybridized carbons (Fsp3) is 0.600. The number of hydrogen-bond donors (Lipinski definition) is 0. The molecule has 0 unspecified atom stereocenters. The summed E-state index contributed by atoms with van der Waals surface area (Å²) in [4.78, 5) is 24.3. The Morgan fingerprint density at radius 3 is 2.46 bits per heavy atom. The molecule has 146 valence electrons. The topological polar surface area (TPSA) is 61.8 Å². The van der Waals surface area contributed by atoms with E-state index >= 15 is 0 Å². The van der Waals surface area contributed by atoms with Crippen molar-refractivity contribution >= 4 is 11.9 Å². The van der Waals surface area contributed by atoms with Gasteiger partial charge in [0.2, 0.25) is 0 Å². The number of rotatable bonds is 4. The number of benzene rings is 1. The Hall–Kier alpha value is -1.59. The van der Waals surface area contributed by atoms with Crippen molar-refractivity contribution in [3.63, 3.8) is 0 Å². The number of ether oxygens (including phenoxy) is 3. The van der Waals surface area contributed by atoms with E-state index in [4.69, 9.17) is 14.2 Å². The predicted octanol–water partition coefficient (Wildman–Crippen LogP) is 0.0151. The molecule has 0 bridgehead atoms. The predicted molar refractivity (Wildman–Crippen MR) is 93.9 cm³/mol. The van der Waals surface area contributed by atoms with E-state index in [0.29, 0.717) is 19.6 Å². The Kier molecular flexibility index (Phi) is 9.09. The normalized spacial score (nSPS) is 26.7. The second-order valence-corrected chi connectivity index (χ2v) is 7.09. The zero-order valence-corrected chi connectivity index (χ0v) is 16.6. The molecule has 1 aromatic rings. The van der Waals surface area contributed by atoms with Crippen molar-refractivity contribution in [2.75, 3.05) is 13.2 Å². The number of cyclic esters (lactones) is 1. The lowest BCUT2D eigenvalue weighted by atomic mass is 9.91. The van der Waals surface area contributed by atoms with Crippen LogP contribution in [-0.4, -0.2) is 37.4 Å². The first-order valence-corrected chi connectivity index (χ1v) is 8.91. The molecule has 0 aliphatic carbocycles. The summed E-state index contributed by atoms with van der Waals surface area (Å²) >= 11 is 0. The Morgan fingerprint density at radius 1 is 1.19 bits per heavy atom. The van der Waals surface area contributed by atoms with Gasteiger partial charge >= 0.3 is 11.9 Å². The van der Waals surface area contributed by atoms with Gasteiger partial charge < -0.3 is 26.6 Å². The van der Waals surface area contributed by atoms with Gasteiger partial charge in [-0.1, -0.05) is 44.2 Å². The number of halogens is 1. The molecule has 1 heterocycles. The zero-order chi connectivity index (χ0) is 18.4. The van der Waals surface area contributed by atoms with E-state index in [0.717, 1.165) is 5.56 Å². The molecule has 1 saturated heterocycles. The van der Waals surface area contributed by atoms with Crippen molar-refractivity contribution in [3.05, 3.63) is 35.9 Å². The number of carbonyl (C=O) groups excluding carboxylic acids is 2. The van der Waals surface area contributed by atoms with Gasteiger partial charge in [0.25, 0.3) is 0 Å². The Morgan fingerprint density at radius 2 is 1.85 bits per heavy atom. The first kappa shape index (κ1) is 22.5. The minimum absolute atomic E-state index is 0. The summed E-state index contributed by atoms with van der Waals surface area (Å²) in [6.45, 7) is 7.86. The van der Waals surface area contributed by atoms with Gasteiger partial charge in [0.1, 0.15) is 12.2 Å². The van der Waals surface area contributed by atoms with Crippen LogP contribution in [0.4, 0.5) is 0 Å². The first-order chi connectivity index (χ1) is 11.9. The van der Waals surface area contributed by atoms with Crippen molar-refractivity contribution in [1.82, 2.24) is 0 Å². The third kappa shape index (κ3) is 6.29. The highest BCUT2D eigenvalue weighted by atomic mass is 35.5. The van der Waals surface area contributed by atoms with Crippen LogP contribution in [-0.2, 0) is 30.2 Å². The lowest BCUT2D eigenvalue weighted by Crippen LogP contribution is -3.00. The van der Waals surface area contributed by atoms with Crippen molar-refractivity contribution in [2.45, 2.75) is 46.3 Å². The quantitative estimate of drug-likeness (QED) is 0.686. The average Bonchev–Trinajstić information content (AvgIpc) is 2.62. The minimum atomic E-state index is -0.538. The van der Waals surface area contributed by atoms with Crippen LogP contribution < -0.4 is 12.4 Å². The van der Waals surface area contributed by atoms with Crippen molar-refractivity contribution in [1.29, 1.82) is 0 Å². The van der Waals surface area contributed by atoms with E-state index in [1.165, 1.54) is 0 Å². The molecule has 0 N–H and O–H groups in total. The van der Waals surface area contributed by atoms with Crippen LogP contribution in [0.5, 0.6) is 0 Å². The molecule has 6 heteroatoms. The lowest BCUT2D eigenvalue weighted by molar-refractivity contribution is -0.174. The van der Waals surface area contributed by atoms with E-state index in [9.17, 15) is 9.59 Å². The fourth-order valence-corrected chi connectivity index (χ4v) is 2.86. The van der Waals surface area contributed by atoms with Crippen molar-refractivity contribution < 1.29 is 36.2 Å². The largest absolute Gasteiger partial charge is 1.00 e. The third-order valence-corrected chi connectivity index (χ3v) is 4.40. The van der Waals surface area contributed by atoms with Gasteiger partial charge in [-0.15, -0.1) is 0 Å². The molecule has 2 rings (SSSR count). The molecule has 1 aromatic carbocycles. The third-order valence-electron chi connectivity index (χ3n) is 4.40. The summed E-state index contributed by atoms with van der Waals surface area (Å²) in [5.74, 6) is -1.28. The smallest absolute Gasteiger partial charge is 0.311 e. The second-order valence-electron chi connectivity index (χ2n) is 7.09. The maximum atomic E-state index is 12.2. The van der Waals surface area contributed by atoms with Crippen LogP contribution in [0.1, 0.15) is 33.3 Å². The Balaban J connectivity index is 0.00000338. The van der Waals surface area contributed by atoms with Crippen LogP contribution in [0.2, 0.25) is 0 Å². The highest BCUT2D eigenvalue weighted by Gasteiger charge is 2.36. The second kappa shape index (κ2) is 10.5. The summed E-state index contributed by atoms with van der Waals surface area (Å²) < 4.78 is 17.0. The highest BCUT2D eigenvalue weighted by Crippen LogP contribution is 2.24. The van der Waals surface area contributed by atoms with Crippen molar-refractivity contribution in [3.8, 4) is 0 Å². The van der Waals surface area contributed by atoms with Gasteiger partial charge in [-0.2, -0.15) is 0 Å². The first-order valence-electron chi connectivity index (χ1n) is 8.91. The van der Waals surface area contributed by atoms with E-state index in [1.807, 2.05) is 30.3 Å². The van der Waals surface area contributed by atoms with Crippen LogP contribution in [0, 0.1) is 17.8 Å². The van der Waals surface area contributed by atoms with Crippen LogP contribution in [0.3, 0.4) is 0 Å². The molecule has 0 spiro atoms. The van der Waals surface area contributed by atoms with Crippen molar-refractivity contribution in [2.24, 2.45) is 17.8 Å². The summed E-state index contributed by atoms with van der Waals surface area (Å²) in [6.07, 6.45) is -0.370. The standard InChI is InChI=1S/C20H28O5.ClH/c1-13(2)19(21)25-18-15(4)24-20(22)14(3)11-23-12-17(18)10-16-8-6-5-7-9-16;/h5-9,13-15,17-18H,10-12H2,1-4H3;1H/p-1/t14-,15-,17-,18-;/m0./s1. The highest BCUT2D eigenvalue weighted by molar-refractivity contribution is 5.73. The molecule has 5 nitrogen and oxygen atoms in total. The zero-order valence-electron chi connectivity index (χ0n) is 15.8. The molecule has 1 aliphatic heterocycles. The fourth-order valence-electron chi connectivity index (χ4n) is 2.86. The van der Waals surface area contributed by atoms with Gasteiger partial charge in [0.05, 0.1) is 25.0 Å². The average molecular weight is 384 g/mol. The summed E-state index contributed by atoms with van der Waals surface area (Å²) in [7, 11) is 0. The summed E-state index contributed by atoms with van der Waals surface area (Å²) in [6, 6.07) is 9.99. The maximum Gasteiger partial charge on any atom is 0.311 e. The number of esters is 2. The molecule has 0 radical (unpaired) electrons. The molecule has 4 atom stereocenters. The van der Waals surface area contributed by atoms with E-state index in [-0.39, 0.29) is 42.1 Å². The van der Waals surface area contributed by atoms with Gasteiger partial charge in [0.15, 0.2) is 0 Å². The molecular weight excluding hydrogens is 356 g/mol. The van der Waals surface area contributed by atoms with Crippen LogP contribution in [0.25, 0.3) is 0 Å². The SMILES string of the molecule is CC(C)C(=O)O[C@@H]1[C@@H](Cc2ccccc2)COC[C@H](C)C(=O)O[C@H]1C.[Cl-]. The molecule has 1 fully saturated rings. The number of hydrogen-bond acceptors (Lipinski definition) is 5. The van der Waals surface area contributed by atoms with Gasteiger partial charge in [0, 0.05) is 5.92 Å². The molecule has 1 aliphatic rings. The molecule has 0 amide bonds.